The molecule has 0 saturated carbocycles. The molecule has 0 spiro atoms. The van der Waals surface area contributed by atoms with Gasteiger partial charge in [0.15, 0.2) is 0 Å². The van der Waals surface area contributed by atoms with Gasteiger partial charge in [-0.1, -0.05) is 68.7 Å². The Morgan fingerprint density at radius 3 is 2.59 bits per heavy atom. The number of piperazine rings is 1. The number of nitrogens with zero attached hydrogens (tertiary/aromatic N) is 2. The highest BCUT2D eigenvalue weighted by atomic mass is 16.2. The Morgan fingerprint density at radius 1 is 1.00 bits per heavy atom. The number of hydrogen-bond donors (Lipinski definition) is 1. The fraction of sp³-hybridized carbons (Fsp3) is 0.407. The summed E-state index contributed by atoms with van der Waals surface area (Å²) in [4.78, 5) is 34.4. The summed E-state index contributed by atoms with van der Waals surface area (Å²) in [5.74, 6) is 0.137. The van der Waals surface area contributed by atoms with E-state index in [2.05, 4.69) is 43.1 Å². The van der Waals surface area contributed by atoms with E-state index < -0.39 is 6.04 Å². The van der Waals surface area contributed by atoms with Crippen LogP contribution < -0.4 is 0 Å². The normalized spacial score (nSPS) is 20.6. The van der Waals surface area contributed by atoms with Crippen LogP contribution in [0.4, 0.5) is 0 Å². The smallest absolute Gasteiger partial charge is 0.246 e. The monoisotopic (exact) mass is 429 g/mol. The summed E-state index contributed by atoms with van der Waals surface area (Å²) in [7, 11) is 0. The lowest BCUT2D eigenvalue weighted by atomic mass is 9.85. The molecule has 5 rings (SSSR count). The van der Waals surface area contributed by atoms with E-state index in [4.69, 9.17) is 0 Å². The number of H-pyrrole nitrogens is 1. The number of para-hydroxylation sites is 1. The summed E-state index contributed by atoms with van der Waals surface area (Å²) >= 11 is 0. The minimum atomic E-state index is -0.446. The Balaban J connectivity index is 1.58. The maximum absolute atomic E-state index is 13.6. The zero-order valence-corrected chi connectivity index (χ0v) is 18.9. The average Bonchev–Trinajstić information content (AvgIpc) is 3.17. The zero-order valence-electron chi connectivity index (χ0n) is 18.9. The fourth-order valence-electron chi connectivity index (χ4n) is 5.46. The van der Waals surface area contributed by atoms with Crippen LogP contribution >= 0.6 is 0 Å². The van der Waals surface area contributed by atoms with Gasteiger partial charge < -0.3 is 14.8 Å². The molecule has 1 saturated heterocycles. The predicted octanol–water partition coefficient (Wildman–Crippen LogP) is 4.74. The van der Waals surface area contributed by atoms with Gasteiger partial charge in [-0.05, 0) is 36.1 Å². The van der Waals surface area contributed by atoms with Crippen molar-refractivity contribution in [3.8, 4) is 0 Å². The van der Waals surface area contributed by atoms with Crippen molar-refractivity contribution in [3.63, 3.8) is 0 Å². The minimum Gasteiger partial charge on any atom is -0.356 e. The molecule has 2 aromatic carbocycles. The molecule has 1 N–H and O–H groups in total. The maximum Gasteiger partial charge on any atom is 0.246 e. The highest BCUT2D eigenvalue weighted by Gasteiger charge is 2.48. The molecule has 0 radical (unpaired) electrons. The molecule has 2 atom stereocenters. The van der Waals surface area contributed by atoms with Gasteiger partial charge in [0, 0.05) is 29.6 Å². The fourth-order valence-corrected chi connectivity index (χ4v) is 5.46. The number of carbonyl (C=O) groups excluding carboxylic acids is 2. The van der Waals surface area contributed by atoms with E-state index in [0.29, 0.717) is 13.0 Å². The van der Waals surface area contributed by atoms with E-state index in [1.807, 2.05) is 29.2 Å². The third-order valence-corrected chi connectivity index (χ3v) is 7.11. The first-order chi connectivity index (χ1) is 15.6. The number of nitrogens with one attached hydrogen (secondary N) is 1. The molecule has 5 nitrogen and oxygen atoms in total. The maximum atomic E-state index is 13.6. The number of rotatable bonds is 6. The van der Waals surface area contributed by atoms with E-state index in [1.54, 1.807) is 4.90 Å². The molecule has 2 aliphatic heterocycles. The summed E-state index contributed by atoms with van der Waals surface area (Å²) in [6.07, 6.45) is 4.95. The molecule has 2 aliphatic rings. The molecule has 0 aliphatic carbocycles. The number of benzene rings is 2. The van der Waals surface area contributed by atoms with Crippen LogP contribution in [-0.4, -0.2) is 45.7 Å². The van der Waals surface area contributed by atoms with Crippen LogP contribution in [0.2, 0.25) is 0 Å². The van der Waals surface area contributed by atoms with Crippen LogP contribution in [0.3, 0.4) is 0 Å². The first-order valence-electron chi connectivity index (χ1n) is 11.8. The molecule has 5 heteroatoms. The van der Waals surface area contributed by atoms with Gasteiger partial charge in [0.2, 0.25) is 11.8 Å². The Bertz CT molecular complexity index is 1160. The molecule has 2 amide bonds. The minimum absolute atomic E-state index is 0.0441. The van der Waals surface area contributed by atoms with Crippen molar-refractivity contribution in [2.24, 2.45) is 0 Å². The van der Waals surface area contributed by atoms with Crippen molar-refractivity contribution in [2.45, 2.75) is 58.0 Å². The molecule has 1 fully saturated rings. The zero-order chi connectivity index (χ0) is 22.2. The Hall–Kier alpha value is -3.08. The lowest BCUT2D eigenvalue weighted by Gasteiger charge is -2.47. The first kappa shape index (κ1) is 20.8. The second-order valence-electron chi connectivity index (χ2n) is 9.16. The van der Waals surface area contributed by atoms with E-state index >= 15 is 0 Å². The number of amides is 2. The highest BCUT2D eigenvalue weighted by Crippen LogP contribution is 2.43. The number of aromatic amines is 1. The summed E-state index contributed by atoms with van der Waals surface area (Å²) in [6.45, 7) is 5.11. The van der Waals surface area contributed by atoms with Gasteiger partial charge >= 0.3 is 0 Å². The molecule has 166 valence electrons. The van der Waals surface area contributed by atoms with Crippen LogP contribution in [0.15, 0.2) is 48.5 Å². The standard InChI is InChI=1S/C27H31N3O2/c1-3-4-5-10-15-29-17-24(31)30-23(27(29)32)16-21-20-13-8-9-14-22(20)28-25(21)26(30)19-12-7-6-11-18(19)2/h6-9,11-14,23,26,28H,3-5,10,15-17H2,1-2H3/t23-,26?/m0/s1. The lowest BCUT2D eigenvalue weighted by Crippen LogP contribution is -2.63. The number of aryl methyl sites for hydroxylation is 1. The molecule has 3 aromatic rings. The molecule has 0 bridgehead atoms. The van der Waals surface area contributed by atoms with Crippen molar-refractivity contribution < 1.29 is 9.59 Å². The summed E-state index contributed by atoms with van der Waals surface area (Å²) in [5, 5.41) is 1.15. The summed E-state index contributed by atoms with van der Waals surface area (Å²) in [5.41, 5.74) is 5.50. The second kappa shape index (κ2) is 8.45. The van der Waals surface area contributed by atoms with Gasteiger partial charge in [-0.3, -0.25) is 9.59 Å². The molecular formula is C27H31N3O2. The van der Waals surface area contributed by atoms with Crippen molar-refractivity contribution in [3.05, 3.63) is 70.9 Å². The predicted molar refractivity (Wildman–Crippen MR) is 126 cm³/mol. The number of hydrogen-bond acceptors (Lipinski definition) is 2. The van der Waals surface area contributed by atoms with Gasteiger partial charge in [-0.25, -0.2) is 0 Å². The van der Waals surface area contributed by atoms with Gasteiger partial charge in [0.1, 0.15) is 6.04 Å². The third-order valence-electron chi connectivity index (χ3n) is 7.11. The van der Waals surface area contributed by atoms with Crippen LogP contribution in [0.5, 0.6) is 0 Å². The number of carbonyl (C=O) groups is 2. The molecular weight excluding hydrogens is 398 g/mol. The SMILES string of the molecule is CCCCCCN1CC(=O)N2C(c3ccccc3C)c3[nH]c4ccccc4c3C[C@H]2C1=O. The van der Waals surface area contributed by atoms with E-state index in [0.717, 1.165) is 47.0 Å². The third kappa shape index (κ3) is 3.40. The molecule has 3 heterocycles. The quantitative estimate of drug-likeness (QED) is 0.576. The topological polar surface area (TPSA) is 56.4 Å². The van der Waals surface area contributed by atoms with E-state index in [1.165, 1.54) is 12.0 Å². The summed E-state index contributed by atoms with van der Waals surface area (Å²) < 4.78 is 0. The van der Waals surface area contributed by atoms with Crippen molar-refractivity contribution in [2.75, 3.05) is 13.1 Å². The van der Waals surface area contributed by atoms with Crippen LogP contribution in [0.25, 0.3) is 10.9 Å². The number of unbranched alkanes of at least 4 members (excludes halogenated alkanes) is 3. The lowest BCUT2D eigenvalue weighted by molar-refractivity contribution is -0.158. The van der Waals surface area contributed by atoms with E-state index in [9.17, 15) is 9.59 Å². The van der Waals surface area contributed by atoms with Gasteiger partial charge in [0.25, 0.3) is 0 Å². The van der Waals surface area contributed by atoms with Gasteiger partial charge in [-0.15, -0.1) is 0 Å². The van der Waals surface area contributed by atoms with Crippen molar-refractivity contribution in [1.82, 2.24) is 14.8 Å². The van der Waals surface area contributed by atoms with Crippen LogP contribution in [-0.2, 0) is 16.0 Å². The first-order valence-corrected chi connectivity index (χ1v) is 11.8. The Morgan fingerprint density at radius 2 is 1.78 bits per heavy atom. The summed E-state index contributed by atoms with van der Waals surface area (Å²) in [6, 6.07) is 15.8. The van der Waals surface area contributed by atoms with Crippen molar-refractivity contribution >= 4 is 22.7 Å². The Kier molecular flexibility index (Phi) is 5.50. The largest absolute Gasteiger partial charge is 0.356 e. The molecule has 32 heavy (non-hydrogen) atoms. The Labute approximate surface area is 189 Å². The van der Waals surface area contributed by atoms with Crippen molar-refractivity contribution in [1.29, 1.82) is 0 Å². The number of fused-ring (bicyclic) bond motifs is 4. The molecule has 1 unspecified atom stereocenters. The van der Waals surface area contributed by atoms with Gasteiger partial charge in [-0.2, -0.15) is 0 Å². The average molecular weight is 430 g/mol. The van der Waals surface area contributed by atoms with E-state index in [-0.39, 0.29) is 24.4 Å². The second-order valence-corrected chi connectivity index (χ2v) is 9.16. The highest BCUT2D eigenvalue weighted by molar-refractivity contribution is 5.97. The number of aromatic nitrogens is 1. The molecule has 1 aromatic heterocycles. The van der Waals surface area contributed by atoms with Gasteiger partial charge in [0.05, 0.1) is 12.6 Å². The van der Waals surface area contributed by atoms with Crippen LogP contribution in [0.1, 0.15) is 61.0 Å². The van der Waals surface area contributed by atoms with Crippen LogP contribution in [0, 0.1) is 6.92 Å².